The molecule has 0 aliphatic carbocycles. The van der Waals surface area contributed by atoms with Crippen molar-refractivity contribution >= 4 is 23.1 Å². The van der Waals surface area contributed by atoms with Crippen LogP contribution in [0.5, 0.6) is 5.75 Å². The van der Waals surface area contributed by atoms with Gasteiger partial charge in [-0.3, -0.25) is 19.7 Å². The number of nitrogens with one attached hydrogen (secondary N) is 1. The fourth-order valence-corrected chi connectivity index (χ4v) is 2.76. The van der Waals surface area contributed by atoms with Crippen molar-refractivity contribution in [3.8, 4) is 5.75 Å². The summed E-state index contributed by atoms with van der Waals surface area (Å²) in [6, 6.07) is 19.4. The predicted molar refractivity (Wildman–Crippen MR) is 113 cm³/mol. The van der Waals surface area contributed by atoms with Gasteiger partial charge in [-0.25, -0.2) is 0 Å². The van der Waals surface area contributed by atoms with Crippen LogP contribution in [0.1, 0.15) is 33.2 Å². The van der Waals surface area contributed by atoms with Gasteiger partial charge in [-0.1, -0.05) is 37.3 Å². The zero-order valence-corrected chi connectivity index (χ0v) is 16.3. The molecule has 3 rings (SSSR count). The van der Waals surface area contributed by atoms with Crippen LogP contribution in [0.2, 0.25) is 0 Å². The van der Waals surface area contributed by atoms with Crippen molar-refractivity contribution < 1.29 is 19.2 Å². The van der Waals surface area contributed by atoms with Crippen LogP contribution in [0.4, 0.5) is 11.4 Å². The largest absolute Gasteiger partial charge is 0.485 e. The van der Waals surface area contributed by atoms with Gasteiger partial charge in [0.25, 0.3) is 11.6 Å². The summed E-state index contributed by atoms with van der Waals surface area (Å²) in [7, 11) is 0. The Balaban J connectivity index is 1.56. The number of carbonyl (C=O) groups excluding carboxylic acids is 2. The molecule has 0 aromatic heterocycles. The van der Waals surface area contributed by atoms with Crippen molar-refractivity contribution in [2.24, 2.45) is 0 Å². The maximum Gasteiger partial charge on any atom is 0.270 e. The number of amides is 1. The standard InChI is InChI=1S/C23H20N2O5/c1-2-16-6-8-17(9-7-16)22(26)15-30-21-12-10-19(11-13-21)24-23(27)18-4-3-5-20(14-18)25(28)29/h3-14H,2,15H2,1H3,(H,24,27). The van der Waals surface area contributed by atoms with Crippen LogP contribution >= 0.6 is 0 Å². The first-order valence-electron chi connectivity index (χ1n) is 9.37. The van der Waals surface area contributed by atoms with Crippen LogP contribution in [-0.2, 0) is 6.42 Å². The second-order valence-corrected chi connectivity index (χ2v) is 6.55. The molecule has 3 aromatic carbocycles. The second-order valence-electron chi connectivity index (χ2n) is 6.55. The van der Waals surface area contributed by atoms with E-state index in [4.69, 9.17) is 4.74 Å². The fourth-order valence-electron chi connectivity index (χ4n) is 2.76. The number of rotatable bonds is 8. The lowest BCUT2D eigenvalue weighted by Gasteiger charge is -2.08. The summed E-state index contributed by atoms with van der Waals surface area (Å²) in [6.45, 7) is 1.96. The highest BCUT2D eigenvalue weighted by Crippen LogP contribution is 2.18. The van der Waals surface area contributed by atoms with E-state index in [0.29, 0.717) is 17.0 Å². The lowest BCUT2D eigenvalue weighted by molar-refractivity contribution is -0.384. The molecule has 0 aliphatic heterocycles. The molecule has 152 valence electrons. The number of nitro benzene ring substituents is 1. The van der Waals surface area contributed by atoms with Crippen LogP contribution in [-0.4, -0.2) is 23.2 Å². The maximum atomic E-state index is 12.3. The molecule has 0 radical (unpaired) electrons. The number of Topliss-reactive ketones (excluding diaryl/α,β-unsaturated/α-hetero) is 1. The summed E-state index contributed by atoms with van der Waals surface area (Å²) < 4.78 is 5.53. The summed E-state index contributed by atoms with van der Waals surface area (Å²) in [5, 5.41) is 13.5. The van der Waals surface area contributed by atoms with Crippen molar-refractivity contribution in [3.05, 3.63) is 99.6 Å². The molecule has 0 bridgehead atoms. The number of anilines is 1. The molecular weight excluding hydrogens is 384 g/mol. The van der Waals surface area contributed by atoms with Gasteiger partial charge in [0, 0.05) is 28.9 Å². The average Bonchev–Trinajstić information content (AvgIpc) is 2.78. The summed E-state index contributed by atoms with van der Waals surface area (Å²) in [5.74, 6) is -0.0966. The Kier molecular flexibility index (Phi) is 6.54. The van der Waals surface area contributed by atoms with E-state index >= 15 is 0 Å². The van der Waals surface area contributed by atoms with E-state index in [-0.39, 0.29) is 23.6 Å². The van der Waals surface area contributed by atoms with Gasteiger partial charge in [0.15, 0.2) is 12.4 Å². The fraction of sp³-hybridized carbons (Fsp3) is 0.130. The number of ether oxygens (including phenoxy) is 1. The molecular formula is C23H20N2O5. The molecule has 30 heavy (non-hydrogen) atoms. The number of hydrogen-bond acceptors (Lipinski definition) is 5. The third kappa shape index (κ3) is 5.29. The topological polar surface area (TPSA) is 98.5 Å². The number of nitro groups is 1. The van der Waals surface area contributed by atoms with Crippen molar-refractivity contribution in [3.63, 3.8) is 0 Å². The SMILES string of the molecule is CCc1ccc(C(=O)COc2ccc(NC(=O)c3cccc([N+](=O)[O-])c3)cc2)cc1. The van der Waals surface area contributed by atoms with Crippen molar-refractivity contribution in [1.82, 2.24) is 0 Å². The minimum atomic E-state index is -0.553. The highest BCUT2D eigenvalue weighted by atomic mass is 16.6. The van der Waals surface area contributed by atoms with Gasteiger partial charge in [-0.2, -0.15) is 0 Å². The summed E-state index contributed by atoms with van der Waals surface area (Å²) in [4.78, 5) is 34.8. The van der Waals surface area contributed by atoms with E-state index in [9.17, 15) is 19.7 Å². The Hall–Kier alpha value is -4.00. The number of aryl methyl sites for hydroxylation is 1. The highest BCUT2D eigenvalue weighted by molar-refractivity contribution is 6.04. The van der Waals surface area contributed by atoms with E-state index in [2.05, 4.69) is 12.2 Å². The van der Waals surface area contributed by atoms with Gasteiger partial charge >= 0.3 is 0 Å². The van der Waals surface area contributed by atoms with Gasteiger partial charge < -0.3 is 10.1 Å². The summed E-state index contributed by atoms with van der Waals surface area (Å²) >= 11 is 0. The zero-order chi connectivity index (χ0) is 21.5. The van der Waals surface area contributed by atoms with Crippen molar-refractivity contribution in [2.75, 3.05) is 11.9 Å². The normalized spacial score (nSPS) is 10.3. The molecule has 0 unspecified atom stereocenters. The van der Waals surface area contributed by atoms with Gasteiger partial charge in [0.2, 0.25) is 0 Å². The van der Waals surface area contributed by atoms with E-state index in [1.165, 1.54) is 24.3 Å². The number of benzene rings is 3. The number of non-ortho nitro benzene ring substituents is 1. The molecule has 0 heterocycles. The van der Waals surface area contributed by atoms with E-state index in [0.717, 1.165) is 12.0 Å². The summed E-state index contributed by atoms with van der Waals surface area (Å²) in [5.41, 5.74) is 2.29. The first-order chi connectivity index (χ1) is 14.5. The van der Waals surface area contributed by atoms with Gasteiger partial charge in [-0.05, 0) is 42.3 Å². The second kappa shape index (κ2) is 9.47. The first kappa shape index (κ1) is 20.7. The van der Waals surface area contributed by atoms with E-state index < -0.39 is 10.8 Å². The van der Waals surface area contributed by atoms with Crippen molar-refractivity contribution in [1.29, 1.82) is 0 Å². The third-order valence-electron chi connectivity index (χ3n) is 4.49. The number of hydrogen-bond donors (Lipinski definition) is 1. The zero-order valence-electron chi connectivity index (χ0n) is 16.3. The first-order valence-corrected chi connectivity index (χ1v) is 9.37. The molecule has 3 aromatic rings. The van der Waals surface area contributed by atoms with Crippen LogP contribution in [0.3, 0.4) is 0 Å². The average molecular weight is 404 g/mol. The molecule has 7 heteroatoms. The van der Waals surface area contributed by atoms with Gasteiger partial charge in [0.05, 0.1) is 4.92 Å². The van der Waals surface area contributed by atoms with Gasteiger partial charge in [-0.15, -0.1) is 0 Å². The van der Waals surface area contributed by atoms with Crippen LogP contribution in [0.15, 0.2) is 72.8 Å². The lowest BCUT2D eigenvalue weighted by atomic mass is 10.1. The van der Waals surface area contributed by atoms with Crippen LogP contribution in [0.25, 0.3) is 0 Å². The number of ketones is 1. The van der Waals surface area contributed by atoms with Crippen molar-refractivity contribution in [2.45, 2.75) is 13.3 Å². The highest BCUT2D eigenvalue weighted by Gasteiger charge is 2.12. The Bertz CT molecular complexity index is 1060. The number of carbonyl (C=O) groups is 2. The maximum absolute atomic E-state index is 12.3. The molecule has 0 saturated heterocycles. The minimum absolute atomic E-state index is 0.0924. The molecule has 0 fully saturated rings. The van der Waals surface area contributed by atoms with E-state index in [1.54, 1.807) is 36.4 Å². The molecule has 1 N–H and O–H groups in total. The molecule has 0 atom stereocenters. The summed E-state index contributed by atoms with van der Waals surface area (Å²) in [6.07, 6.45) is 0.912. The molecule has 0 saturated carbocycles. The Morgan fingerprint density at radius 1 is 0.967 bits per heavy atom. The molecule has 7 nitrogen and oxygen atoms in total. The Morgan fingerprint density at radius 3 is 2.30 bits per heavy atom. The molecule has 1 amide bonds. The minimum Gasteiger partial charge on any atom is -0.485 e. The third-order valence-corrected chi connectivity index (χ3v) is 4.49. The monoisotopic (exact) mass is 404 g/mol. The molecule has 0 spiro atoms. The van der Waals surface area contributed by atoms with Crippen LogP contribution < -0.4 is 10.1 Å². The van der Waals surface area contributed by atoms with Gasteiger partial charge in [0.1, 0.15) is 5.75 Å². The Labute approximate surface area is 173 Å². The lowest BCUT2D eigenvalue weighted by Crippen LogP contribution is -2.13. The smallest absolute Gasteiger partial charge is 0.270 e. The van der Waals surface area contributed by atoms with E-state index in [1.807, 2.05) is 12.1 Å². The van der Waals surface area contributed by atoms with Crippen LogP contribution in [0, 0.1) is 10.1 Å². The predicted octanol–water partition coefficient (Wildman–Crippen LogP) is 4.67. The Morgan fingerprint density at radius 2 is 1.67 bits per heavy atom. The number of nitrogens with zero attached hydrogens (tertiary/aromatic N) is 1. The molecule has 0 aliphatic rings. The quantitative estimate of drug-likeness (QED) is 0.334.